The van der Waals surface area contributed by atoms with E-state index in [4.69, 9.17) is 0 Å². The maximum absolute atomic E-state index is 12.4. The maximum atomic E-state index is 12.4. The molecule has 0 aliphatic carbocycles. The van der Waals surface area contributed by atoms with Crippen molar-refractivity contribution in [2.24, 2.45) is 0 Å². The third kappa shape index (κ3) is 4.56. The second-order valence-electron chi connectivity index (χ2n) is 6.49. The number of aryl methyl sites for hydroxylation is 1. The molecule has 0 saturated carbocycles. The van der Waals surface area contributed by atoms with Crippen LogP contribution in [0, 0.1) is 6.92 Å². The normalized spacial score (nSPS) is 17.0. The Hall–Kier alpha value is -2.06. The Morgan fingerprint density at radius 1 is 1.08 bits per heavy atom. The van der Waals surface area contributed by atoms with Gasteiger partial charge in [0.1, 0.15) is 0 Å². The molecule has 0 bridgehead atoms. The molecule has 1 saturated heterocycles. The van der Waals surface area contributed by atoms with E-state index in [-0.39, 0.29) is 11.5 Å². The smallest absolute Gasteiger partial charge is 0.236 e. The molecule has 6 nitrogen and oxygen atoms in total. The molecule has 0 aromatic heterocycles. The number of hydrogen-bond donors (Lipinski definition) is 1. The molecule has 8 heteroatoms. The largest absolute Gasteiger partial charge is 0.283 e. The van der Waals surface area contributed by atoms with Gasteiger partial charge in [-0.05, 0) is 43.5 Å². The predicted octanol–water partition coefficient (Wildman–Crippen LogP) is 2.87. The van der Waals surface area contributed by atoms with E-state index in [0.717, 1.165) is 12.0 Å². The highest BCUT2D eigenvalue weighted by molar-refractivity contribution is 7.92. The molecule has 0 radical (unpaired) electrons. The summed E-state index contributed by atoms with van der Waals surface area (Å²) in [6.07, 6.45) is 1.45. The van der Waals surface area contributed by atoms with Gasteiger partial charge in [-0.2, -0.15) is 0 Å². The molecule has 1 heterocycles. The lowest BCUT2D eigenvalue weighted by Gasteiger charge is -2.28. The first-order valence-corrected chi connectivity index (χ1v) is 11.7. The Kier molecular flexibility index (Phi) is 5.24. The lowest BCUT2D eigenvalue weighted by molar-refractivity contribution is 0.574. The number of anilines is 2. The Morgan fingerprint density at radius 3 is 2.50 bits per heavy atom. The van der Waals surface area contributed by atoms with Crippen molar-refractivity contribution in [3.63, 3.8) is 0 Å². The highest BCUT2D eigenvalue weighted by atomic mass is 32.2. The second kappa shape index (κ2) is 7.28. The lowest BCUT2D eigenvalue weighted by atomic mass is 10.2. The summed E-state index contributed by atoms with van der Waals surface area (Å²) in [5, 5.41) is 0. The zero-order valence-corrected chi connectivity index (χ0v) is 16.2. The summed E-state index contributed by atoms with van der Waals surface area (Å²) in [6, 6.07) is 13.8. The molecule has 0 atom stereocenters. The fraction of sp³-hybridized carbons (Fsp3) is 0.333. The number of nitrogens with zero attached hydrogens (tertiary/aromatic N) is 1. The molecule has 0 unspecified atom stereocenters. The summed E-state index contributed by atoms with van der Waals surface area (Å²) in [4.78, 5) is 0. The molecule has 1 fully saturated rings. The molecule has 1 N–H and O–H groups in total. The molecule has 0 spiro atoms. The van der Waals surface area contributed by atoms with Crippen molar-refractivity contribution in [3.8, 4) is 0 Å². The summed E-state index contributed by atoms with van der Waals surface area (Å²) in [6.45, 7) is 2.36. The van der Waals surface area contributed by atoms with Crippen LogP contribution in [0.1, 0.15) is 24.0 Å². The molecular formula is C18H22N2O4S2. The van der Waals surface area contributed by atoms with Crippen molar-refractivity contribution in [1.29, 1.82) is 0 Å². The molecule has 26 heavy (non-hydrogen) atoms. The molecule has 1 aliphatic rings. The van der Waals surface area contributed by atoms with E-state index in [9.17, 15) is 16.8 Å². The highest BCUT2D eigenvalue weighted by Gasteiger charge is 2.26. The first-order chi connectivity index (χ1) is 12.3. The van der Waals surface area contributed by atoms with Crippen molar-refractivity contribution in [3.05, 3.63) is 59.7 Å². The molecular weight excluding hydrogens is 372 g/mol. The van der Waals surface area contributed by atoms with Crippen molar-refractivity contribution < 1.29 is 16.8 Å². The van der Waals surface area contributed by atoms with Gasteiger partial charge in [-0.1, -0.05) is 35.9 Å². The molecule has 1 aliphatic heterocycles. The van der Waals surface area contributed by atoms with Gasteiger partial charge in [-0.15, -0.1) is 0 Å². The summed E-state index contributed by atoms with van der Waals surface area (Å²) in [7, 11) is -6.93. The van der Waals surface area contributed by atoms with Crippen LogP contribution in [0.5, 0.6) is 0 Å². The van der Waals surface area contributed by atoms with Crippen molar-refractivity contribution >= 4 is 31.4 Å². The van der Waals surface area contributed by atoms with Crippen molar-refractivity contribution in [2.75, 3.05) is 21.3 Å². The predicted molar refractivity (Wildman–Crippen MR) is 104 cm³/mol. The van der Waals surface area contributed by atoms with E-state index >= 15 is 0 Å². The van der Waals surface area contributed by atoms with Gasteiger partial charge in [-0.3, -0.25) is 9.03 Å². The molecule has 0 amide bonds. The van der Waals surface area contributed by atoms with Gasteiger partial charge in [0.15, 0.2) is 0 Å². The zero-order chi connectivity index (χ0) is 18.8. The summed E-state index contributed by atoms with van der Waals surface area (Å²) >= 11 is 0. The van der Waals surface area contributed by atoms with E-state index in [0.29, 0.717) is 29.9 Å². The van der Waals surface area contributed by atoms with E-state index in [2.05, 4.69) is 4.72 Å². The van der Waals surface area contributed by atoms with Crippen molar-refractivity contribution in [1.82, 2.24) is 0 Å². The quantitative estimate of drug-likeness (QED) is 0.845. The summed E-state index contributed by atoms with van der Waals surface area (Å²) in [5.74, 6) is -0.0180. The third-order valence-corrected chi connectivity index (χ3v) is 7.36. The molecule has 3 rings (SSSR count). The van der Waals surface area contributed by atoms with Crippen LogP contribution in [0.15, 0.2) is 48.5 Å². The Labute approximate surface area is 155 Å². The third-order valence-electron chi connectivity index (χ3n) is 4.23. The van der Waals surface area contributed by atoms with Gasteiger partial charge in [0.05, 0.1) is 22.9 Å². The molecule has 140 valence electrons. The van der Waals surface area contributed by atoms with E-state index in [1.807, 2.05) is 19.1 Å². The van der Waals surface area contributed by atoms with Gasteiger partial charge in [0, 0.05) is 6.54 Å². The zero-order valence-electron chi connectivity index (χ0n) is 14.6. The van der Waals surface area contributed by atoms with Gasteiger partial charge >= 0.3 is 0 Å². The fourth-order valence-corrected chi connectivity index (χ4v) is 5.74. The SMILES string of the molecule is Cc1ccc(CS(=O)(=O)Nc2cccc(N3CCCCS3(=O)=O)c2)cc1. The monoisotopic (exact) mass is 394 g/mol. The first-order valence-electron chi connectivity index (χ1n) is 8.42. The Bertz CT molecular complexity index is 984. The van der Waals surface area contributed by atoms with Crippen LogP contribution in [0.3, 0.4) is 0 Å². The molecule has 2 aromatic carbocycles. The summed E-state index contributed by atoms with van der Waals surface area (Å²) in [5.41, 5.74) is 2.60. The first kappa shape index (κ1) is 18.7. The van der Waals surface area contributed by atoms with E-state index in [1.165, 1.54) is 4.31 Å². The Morgan fingerprint density at radius 2 is 1.81 bits per heavy atom. The van der Waals surface area contributed by atoms with Crippen molar-refractivity contribution in [2.45, 2.75) is 25.5 Å². The van der Waals surface area contributed by atoms with Crippen LogP contribution in [0.2, 0.25) is 0 Å². The average Bonchev–Trinajstić information content (AvgIpc) is 2.56. The second-order valence-corrected chi connectivity index (χ2v) is 10.2. The van der Waals surface area contributed by atoms with Crippen LogP contribution in [-0.2, 0) is 25.8 Å². The van der Waals surface area contributed by atoms with Crippen LogP contribution >= 0.6 is 0 Å². The highest BCUT2D eigenvalue weighted by Crippen LogP contribution is 2.26. The van der Waals surface area contributed by atoms with Crippen LogP contribution in [-0.4, -0.2) is 29.1 Å². The lowest BCUT2D eigenvalue weighted by Crippen LogP contribution is -2.37. The Balaban J connectivity index is 1.78. The van der Waals surface area contributed by atoms with Crippen LogP contribution in [0.4, 0.5) is 11.4 Å². The van der Waals surface area contributed by atoms with Gasteiger partial charge in [0.2, 0.25) is 20.0 Å². The van der Waals surface area contributed by atoms with Gasteiger partial charge < -0.3 is 0 Å². The van der Waals surface area contributed by atoms with Gasteiger partial charge in [-0.25, -0.2) is 16.8 Å². The minimum absolute atomic E-state index is 0.121. The number of hydrogen-bond acceptors (Lipinski definition) is 4. The van der Waals surface area contributed by atoms with E-state index in [1.54, 1.807) is 36.4 Å². The van der Waals surface area contributed by atoms with Crippen LogP contribution in [0.25, 0.3) is 0 Å². The summed E-state index contributed by atoms with van der Waals surface area (Å²) < 4.78 is 53.2. The molecule has 2 aromatic rings. The number of rotatable bonds is 5. The fourth-order valence-electron chi connectivity index (χ4n) is 2.92. The standard InChI is InChI=1S/C18H22N2O4S2/c1-15-7-9-16(10-8-15)14-25(21,22)19-17-5-4-6-18(13-17)20-11-2-3-12-26(20,23)24/h4-10,13,19H,2-3,11-12,14H2,1H3. The average molecular weight is 395 g/mol. The van der Waals surface area contributed by atoms with Gasteiger partial charge in [0.25, 0.3) is 0 Å². The topological polar surface area (TPSA) is 83.6 Å². The minimum atomic E-state index is -3.59. The number of nitrogens with one attached hydrogen (secondary N) is 1. The van der Waals surface area contributed by atoms with E-state index < -0.39 is 20.0 Å². The van der Waals surface area contributed by atoms with Crippen LogP contribution < -0.4 is 9.03 Å². The maximum Gasteiger partial charge on any atom is 0.236 e. The minimum Gasteiger partial charge on any atom is -0.283 e. The number of benzene rings is 2. The number of sulfonamides is 2.